The molecule has 1 aromatic heterocycles. The minimum absolute atomic E-state index is 0.0340. The van der Waals surface area contributed by atoms with Crippen LogP contribution >= 0.6 is 0 Å². The first-order chi connectivity index (χ1) is 11.2. The van der Waals surface area contributed by atoms with E-state index in [2.05, 4.69) is 5.32 Å². The lowest BCUT2D eigenvalue weighted by Gasteiger charge is -2.17. The van der Waals surface area contributed by atoms with E-state index in [1.807, 2.05) is 0 Å². The van der Waals surface area contributed by atoms with E-state index in [-0.39, 0.29) is 23.1 Å². The second-order valence-corrected chi connectivity index (χ2v) is 5.60. The van der Waals surface area contributed by atoms with Crippen molar-refractivity contribution in [1.82, 2.24) is 9.88 Å². The highest BCUT2D eigenvalue weighted by Gasteiger charge is 2.33. The first-order valence-corrected chi connectivity index (χ1v) is 7.31. The van der Waals surface area contributed by atoms with Crippen molar-refractivity contribution >= 4 is 5.91 Å². The zero-order valence-electron chi connectivity index (χ0n) is 13.2. The average Bonchev–Trinajstić information content (AvgIpc) is 2.49. The number of alkyl halides is 3. The first kappa shape index (κ1) is 17.8. The molecule has 0 aliphatic heterocycles. The molecule has 0 fully saturated rings. The summed E-state index contributed by atoms with van der Waals surface area (Å²) in [4.78, 5) is 23.6. The zero-order valence-corrected chi connectivity index (χ0v) is 13.2. The van der Waals surface area contributed by atoms with E-state index in [0.29, 0.717) is 0 Å². The predicted octanol–water partition coefficient (Wildman–Crippen LogP) is 2.77. The highest BCUT2D eigenvalue weighted by molar-refractivity contribution is 5.94. The predicted molar refractivity (Wildman–Crippen MR) is 83.8 cm³/mol. The van der Waals surface area contributed by atoms with Crippen LogP contribution in [-0.2, 0) is 19.6 Å². The maximum absolute atomic E-state index is 13.0. The van der Waals surface area contributed by atoms with Crippen LogP contribution in [0.2, 0.25) is 0 Å². The molecule has 2 rings (SSSR count). The number of amides is 1. The second-order valence-electron chi connectivity index (χ2n) is 5.60. The van der Waals surface area contributed by atoms with E-state index in [1.54, 1.807) is 14.0 Å². The Morgan fingerprint density at radius 2 is 1.92 bits per heavy atom. The molecule has 0 spiro atoms. The summed E-state index contributed by atoms with van der Waals surface area (Å²) in [5.41, 5.74) is -0.756. The van der Waals surface area contributed by atoms with Crippen molar-refractivity contribution in [3.63, 3.8) is 0 Å². The van der Waals surface area contributed by atoms with Gasteiger partial charge in [-0.25, -0.2) is 0 Å². The Hall–Kier alpha value is -2.57. The van der Waals surface area contributed by atoms with Crippen molar-refractivity contribution in [3.8, 4) is 0 Å². The number of nitrogens with zero attached hydrogens (tertiary/aromatic N) is 1. The van der Waals surface area contributed by atoms with Crippen LogP contribution in [-0.4, -0.2) is 16.5 Å². The number of aromatic nitrogens is 1. The van der Waals surface area contributed by atoms with E-state index >= 15 is 0 Å². The molecular weight excluding hydrogens is 321 g/mol. The minimum atomic E-state index is -4.44. The normalized spacial score (nSPS) is 12.7. The van der Waals surface area contributed by atoms with E-state index in [4.69, 9.17) is 0 Å². The number of carbonyl (C=O) groups is 1. The molecule has 1 unspecified atom stereocenters. The molecule has 128 valence electrons. The van der Waals surface area contributed by atoms with E-state index in [9.17, 15) is 22.8 Å². The number of benzene rings is 1. The van der Waals surface area contributed by atoms with Crippen LogP contribution in [0, 0.1) is 0 Å². The molecule has 1 atom stereocenters. The second kappa shape index (κ2) is 6.90. The summed E-state index contributed by atoms with van der Waals surface area (Å²) in [6, 6.07) is 7.41. The smallest absolute Gasteiger partial charge is 0.349 e. The summed E-state index contributed by atoms with van der Waals surface area (Å²) >= 11 is 0. The Kier molecular flexibility index (Phi) is 5.11. The van der Waals surface area contributed by atoms with Crippen molar-refractivity contribution in [2.24, 2.45) is 7.05 Å². The Morgan fingerprint density at radius 3 is 2.54 bits per heavy atom. The fraction of sp³-hybridized carbons (Fsp3) is 0.294. The van der Waals surface area contributed by atoms with Gasteiger partial charge in [0.05, 0.1) is 5.56 Å². The van der Waals surface area contributed by atoms with E-state index in [0.717, 1.165) is 6.07 Å². The minimum Gasteiger partial charge on any atom is -0.349 e. The Balaban J connectivity index is 2.11. The van der Waals surface area contributed by atoms with Gasteiger partial charge in [-0.3, -0.25) is 9.59 Å². The molecule has 4 nitrogen and oxygen atoms in total. The summed E-state index contributed by atoms with van der Waals surface area (Å²) in [5.74, 6) is -0.496. The molecule has 0 aliphatic carbocycles. The lowest BCUT2D eigenvalue weighted by molar-refractivity contribution is -0.138. The summed E-state index contributed by atoms with van der Waals surface area (Å²) in [7, 11) is 1.56. The zero-order chi connectivity index (χ0) is 17.9. The van der Waals surface area contributed by atoms with Gasteiger partial charge in [0.15, 0.2) is 0 Å². The molecule has 0 bridgehead atoms. The standard InChI is InChI=1S/C17H17F3N2O2/c1-11(9-12-5-3-4-6-14(12)17(18,19)20)21-16(24)13-7-8-22(2)15(23)10-13/h3-8,10-11H,9H2,1-2H3,(H,21,24). The topological polar surface area (TPSA) is 51.1 Å². The summed E-state index contributed by atoms with van der Waals surface area (Å²) in [5, 5.41) is 2.62. The maximum Gasteiger partial charge on any atom is 0.416 e. The lowest BCUT2D eigenvalue weighted by Crippen LogP contribution is -2.35. The number of aryl methyl sites for hydroxylation is 1. The quantitative estimate of drug-likeness (QED) is 0.932. The van der Waals surface area contributed by atoms with Gasteiger partial charge in [-0.1, -0.05) is 18.2 Å². The number of rotatable bonds is 4. The maximum atomic E-state index is 13.0. The Morgan fingerprint density at radius 1 is 1.25 bits per heavy atom. The molecule has 1 heterocycles. The van der Waals surface area contributed by atoms with Crippen molar-refractivity contribution < 1.29 is 18.0 Å². The molecule has 1 aromatic carbocycles. The van der Waals surface area contributed by atoms with Crippen LogP contribution in [0.4, 0.5) is 13.2 Å². The third kappa shape index (κ3) is 4.24. The molecule has 0 saturated heterocycles. The number of hydrogen-bond donors (Lipinski definition) is 1. The molecule has 0 radical (unpaired) electrons. The average molecular weight is 338 g/mol. The van der Waals surface area contributed by atoms with Crippen LogP contribution in [0.5, 0.6) is 0 Å². The number of pyridine rings is 1. The first-order valence-electron chi connectivity index (χ1n) is 7.31. The Labute approximate surface area is 136 Å². The van der Waals surface area contributed by atoms with Gasteiger partial charge >= 0.3 is 6.18 Å². The lowest BCUT2D eigenvalue weighted by atomic mass is 10.0. The molecule has 24 heavy (non-hydrogen) atoms. The molecule has 0 saturated carbocycles. The number of carbonyl (C=O) groups excluding carboxylic acids is 1. The monoisotopic (exact) mass is 338 g/mol. The van der Waals surface area contributed by atoms with Crippen molar-refractivity contribution in [2.75, 3.05) is 0 Å². The number of halogens is 3. The molecule has 7 heteroatoms. The fourth-order valence-corrected chi connectivity index (χ4v) is 2.35. The van der Waals surface area contributed by atoms with Gasteiger partial charge in [0.2, 0.25) is 0 Å². The van der Waals surface area contributed by atoms with E-state index < -0.39 is 23.7 Å². The Bertz CT molecular complexity index is 797. The van der Waals surface area contributed by atoms with Gasteiger partial charge in [-0.2, -0.15) is 13.2 Å². The van der Waals surface area contributed by atoms with Gasteiger partial charge in [0.1, 0.15) is 0 Å². The largest absolute Gasteiger partial charge is 0.416 e. The third-order valence-electron chi connectivity index (χ3n) is 3.59. The summed E-state index contributed by atoms with van der Waals surface area (Å²) < 4.78 is 40.3. The van der Waals surface area contributed by atoms with Crippen molar-refractivity contribution in [2.45, 2.75) is 25.6 Å². The third-order valence-corrected chi connectivity index (χ3v) is 3.59. The van der Waals surface area contributed by atoms with Gasteiger partial charge in [-0.05, 0) is 31.0 Å². The van der Waals surface area contributed by atoms with Crippen molar-refractivity contribution in [1.29, 1.82) is 0 Å². The van der Waals surface area contributed by atoms with Crippen LogP contribution in [0.3, 0.4) is 0 Å². The molecular formula is C17H17F3N2O2. The molecule has 1 amide bonds. The van der Waals surface area contributed by atoms with Crippen LogP contribution < -0.4 is 10.9 Å². The summed E-state index contributed by atoms with van der Waals surface area (Å²) in [6.07, 6.45) is -2.95. The van der Waals surface area contributed by atoms with Crippen LogP contribution in [0.25, 0.3) is 0 Å². The summed E-state index contributed by atoms with van der Waals surface area (Å²) in [6.45, 7) is 1.62. The van der Waals surface area contributed by atoms with Gasteiger partial charge in [-0.15, -0.1) is 0 Å². The van der Waals surface area contributed by atoms with E-state index in [1.165, 1.54) is 41.1 Å². The number of hydrogen-bond acceptors (Lipinski definition) is 2. The highest BCUT2D eigenvalue weighted by atomic mass is 19.4. The highest BCUT2D eigenvalue weighted by Crippen LogP contribution is 2.32. The fourth-order valence-electron chi connectivity index (χ4n) is 2.35. The molecule has 2 aromatic rings. The van der Waals surface area contributed by atoms with Gasteiger partial charge in [0, 0.05) is 30.9 Å². The SMILES string of the molecule is CC(Cc1ccccc1C(F)(F)F)NC(=O)c1ccn(C)c(=O)c1. The molecule has 0 aliphatic rings. The van der Waals surface area contributed by atoms with Gasteiger partial charge in [0.25, 0.3) is 11.5 Å². The molecule has 1 N–H and O–H groups in total. The van der Waals surface area contributed by atoms with Crippen LogP contribution in [0.15, 0.2) is 47.4 Å². The van der Waals surface area contributed by atoms with Crippen LogP contribution in [0.1, 0.15) is 28.4 Å². The van der Waals surface area contributed by atoms with Gasteiger partial charge < -0.3 is 9.88 Å². The van der Waals surface area contributed by atoms with Crippen molar-refractivity contribution in [3.05, 3.63) is 69.6 Å². The number of nitrogens with one attached hydrogen (secondary N) is 1.